The molecule has 1 aliphatic heterocycles. The molecule has 1 aliphatic rings. The molecule has 3 rings (SSSR count). The van der Waals surface area contributed by atoms with Crippen LogP contribution in [0.3, 0.4) is 0 Å². The summed E-state index contributed by atoms with van der Waals surface area (Å²) in [6.45, 7) is -0.217. The molecule has 156 valence electrons. The number of carbonyl (C=O) groups is 1. The summed E-state index contributed by atoms with van der Waals surface area (Å²) in [7, 11) is -3.91. The number of nitrogens with one attached hydrogen (secondary N) is 1. The van der Waals surface area contributed by atoms with Crippen LogP contribution in [0.25, 0.3) is 0 Å². The van der Waals surface area contributed by atoms with Crippen LogP contribution in [0, 0.1) is 11.7 Å². The summed E-state index contributed by atoms with van der Waals surface area (Å²) in [5.41, 5.74) is 0.368. The van der Waals surface area contributed by atoms with E-state index in [9.17, 15) is 27.8 Å². The third-order valence-corrected chi connectivity index (χ3v) is 6.95. The maximum absolute atomic E-state index is 13.3. The molecule has 2 unspecified atom stereocenters. The topological polar surface area (TPSA) is 107 Å². The van der Waals surface area contributed by atoms with E-state index in [1.807, 2.05) is 0 Å². The SMILES string of the molecule is O=C(Nc1ccc(F)c(Cl)c1)c1cccc(S(=O)(=O)N2CCC(O)C(CO)C2)c1. The molecule has 3 N–H and O–H groups in total. The number of aliphatic hydroxyl groups is 2. The van der Waals surface area contributed by atoms with Crippen molar-refractivity contribution in [2.45, 2.75) is 17.4 Å². The summed E-state index contributed by atoms with van der Waals surface area (Å²) in [4.78, 5) is 12.4. The number of halogens is 2. The number of rotatable bonds is 5. The molecule has 7 nitrogen and oxygen atoms in total. The van der Waals surface area contributed by atoms with Crippen molar-refractivity contribution in [2.24, 2.45) is 5.92 Å². The van der Waals surface area contributed by atoms with Gasteiger partial charge in [0.1, 0.15) is 5.82 Å². The van der Waals surface area contributed by atoms with Crippen molar-refractivity contribution in [3.05, 3.63) is 58.9 Å². The number of piperidine rings is 1. The fraction of sp³-hybridized carbons (Fsp3) is 0.316. The molecule has 1 fully saturated rings. The van der Waals surface area contributed by atoms with Gasteiger partial charge < -0.3 is 15.5 Å². The predicted molar refractivity (Wildman–Crippen MR) is 106 cm³/mol. The van der Waals surface area contributed by atoms with Crippen LogP contribution in [0.4, 0.5) is 10.1 Å². The number of hydrogen-bond acceptors (Lipinski definition) is 5. The molecule has 0 aliphatic carbocycles. The summed E-state index contributed by atoms with van der Waals surface area (Å²) < 4.78 is 40.3. The molecule has 2 aromatic rings. The maximum atomic E-state index is 13.3. The smallest absolute Gasteiger partial charge is 0.255 e. The Morgan fingerprint density at radius 3 is 2.72 bits per heavy atom. The van der Waals surface area contributed by atoms with Gasteiger partial charge in [-0.25, -0.2) is 12.8 Å². The Hall–Kier alpha value is -2.04. The van der Waals surface area contributed by atoms with Gasteiger partial charge in [0.2, 0.25) is 10.0 Å². The lowest BCUT2D eigenvalue weighted by Crippen LogP contribution is -2.47. The lowest BCUT2D eigenvalue weighted by atomic mass is 9.97. The van der Waals surface area contributed by atoms with Crippen molar-refractivity contribution < 1.29 is 27.8 Å². The van der Waals surface area contributed by atoms with E-state index in [1.54, 1.807) is 0 Å². The second kappa shape index (κ2) is 8.76. The van der Waals surface area contributed by atoms with E-state index in [4.69, 9.17) is 11.6 Å². The fourth-order valence-electron chi connectivity index (χ4n) is 3.11. The lowest BCUT2D eigenvalue weighted by molar-refractivity contribution is 0.0231. The molecule has 1 heterocycles. The van der Waals surface area contributed by atoms with E-state index in [0.29, 0.717) is 0 Å². The zero-order valence-electron chi connectivity index (χ0n) is 15.3. The lowest BCUT2D eigenvalue weighted by Gasteiger charge is -2.34. The highest BCUT2D eigenvalue weighted by Gasteiger charge is 2.34. The molecule has 0 radical (unpaired) electrons. The first-order valence-corrected chi connectivity index (χ1v) is 10.7. The highest BCUT2D eigenvalue weighted by molar-refractivity contribution is 7.89. The van der Waals surface area contributed by atoms with Crippen LogP contribution in [0.1, 0.15) is 16.8 Å². The first-order chi connectivity index (χ1) is 13.7. The van der Waals surface area contributed by atoms with Crippen LogP contribution in [0.2, 0.25) is 5.02 Å². The Balaban J connectivity index is 1.81. The van der Waals surface area contributed by atoms with Crippen LogP contribution in [0.15, 0.2) is 47.4 Å². The zero-order chi connectivity index (χ0) is 21.2. The van der Waals surface area contributed by atoms with Crippen molar-refractivity contribution in [3.8, 4) is 0 Å². The van der Waals surface area contributed by atoms with E-state index in [1.165, 1.54) is 40.7 Å². The van der Waals surface area contributed by atoms with Crippen molar-refractivity contribution in [1.82, 2.24) is 4.31 Å². The summed E-state index contributed by atoms with van der Waals surface area (Å²) in [5, 5.41) is 21.6. The summed E-state index contributed by atoms with van der Waals surface area (Å²) in [5.74, 6) is -1.76. The summed E-state index contributed by atoms with van der Waals surface area (Å²) >= 11 is 5.70. The van der Waals surface area contributed by atoms with Crippen LogP contribution in [0.5, 0.6) is 0 Å². The highest BCUT2D eigenvalue weighted by Crippen LogP contribution is 2.25. The second-order valence-electron chi connectivity index (χ2n) is 6.77. The normalized spacial score (nSPS) is 20.4. The molecule has 1 amide bonds. The Morgan fingerprint density at radius 1 is 1.28 bits per heavy atom. The predicted octanol–water partition coefficient (Wildman–Crippen LogP) is 2.10. The average Bonchev–Trinajstić information content (AvgIpc) is 2.71. The summed E-state index contributed by atoms with van der Waals surface area (Å²) in [6.07, 6.45) is -0.540. The van der Waals surface area contributed by atoms with E-state index in [-0.39, 0.29) is 47.3 Å². The third-order valence-electron chi connectivity index (χ3n) is 4.80. The summed E-state index contributed by atoms with van der Waals surface area (Å²) in [6, 6.07) is 9.23. The maximum Gasteiger partial charge on any atom is 0.255 e. The molecule has 0 aromatic heterocycles. The Bertz CT molecular complexity index is 1020. The van der Waals surface area contributed by atoms with Crippen LogP contribution < -0.4 is 5.32 Å². The van der Waals surface area contributed by atoms with Gasteiger partial charge in [-0.3, -0.25) is 4.79 Å². The third kappa shape index (κ3) is 4.76. The van der Waals surface area contributed by atoms with Gasteiger partial charge in [-0.05, 0) is 42.8 Å². The molecule has 2 atom stereocenters. The van der Waals surface area contributed by atoms with Gasteiger partial charge in [0.15, 0.2) is 0 Å². The molecule has 10 heteroatoms. The van der Waals surface area contributed by atoms with Gasteiger partial charge in [0.25, 0.3) is 5.91 Å². The minimum atomic E-state index is -3.91. The molecule has 29 heavy (non-hydrogen) atoms. The van der Waals surface area contributed by atoms with Crippen LogP contribution in [-0.4, -0.2) is 54.6 Å². The number of sulfonamides is 1. The number of hydrogen-bond donors (Lipinski definition) is 3. The van der Waals surface area contributed by atoms with Crippen molar-refractivity contribution in [2.75, 3.05) is 25.0 Å². The highest BCUT2D eigenvalue weighted by atomic mass is 35.5. The molecule has 0 saturated carbocycles. The van der Waals surface area contributed by atoms with E-state index >= 15 is 0 Å². The van der Waals surface area contributed by atoms with Crippen LogP contribution in [-0.2, 0) is 10.0 Å². The van der Waals surface area contributed by atoms with Gasteiger partial charge in [0, 0.05) is 36.9 Å². The monoisotopic (exact) mass is 442 g/mol. The van der Waals surface area contributed by atoms with E-state index < -0.39 is 33.8 Å². The second-order valence-corrected chi connectivity index (χ2v) is 9.12. The number of aliphatic hydroxyl groups excluding tert-OH is 2. The fourth-order valence-corrected chi connectivity index (χ4v) is 4.85. The molecular formula is C19H20ClFN2O5S. The number of amides is 1. The number of benzene rings is 2. The van der Waals surface area contributed by atoms with Gasteiger partial charge >= 0.3 is 0 Å². The van der Waals surface area contributed by atoms with Crippen molar-refractivity contribution in [1.29, 1.82) is 0 Å². The first kappa shape index (κ1) is 21.7. The van der Waals surface area contributed by atoms with Crippen molar-refractivity contribution >= 4 is 33.2 Å². The van der Waals surface area contributed by atoms with Crippen LogP contribution >= 0.6 is 11.6 Å². The minimum Gasteiger partial charge on any atom is -0.396 e. The molecule has 1 saturated heterocycles. The van der Waals surface area contributed by atoms with E-state index in [0.717, 1.165) is 6.07 Å². The van der Waals surface area contributed by atoms with Gasteiger partial charge in [-0.2, -0.15) is 4.31 Å². The molecule has 0 spiro atoms. The zero-order valence-corrected chi connectivity index (χ0v) is 16.8. The minimum absolute atomic E-state index is 0.00942. The molecule has 0 bridgehead atoms. The van der Waals surface area contributed by atoms with E-state index in [2.05, 4.69) is 5.32 Å². The van der Waals surface area contributed by atoms with Gasteiger partial charge in [0.05, 0.1) is 16.0 Å². The van der Waals surface area contributed by atoms with Gasteiger partial charge in [-0.1, -0.05) is 17.7 Å². The number of anilines is 1. The average molecular weight is 443 g/mol. The standard InChI is InChI=1S/C19H20ClFN2O5S/c20-16-9-14(4-5-17(16)21)22-19(26)12-2-1-3-15(8-12)29(27,28)23-7-6-18(25)13(10-23)11-24/h1-5,8-9,13,18,24-25H,6-7,10-11H2,(H,22,26). The Morgan fingerprint density at radius 2 is 2.03 bits per heavy atom. The molecule has 2 aromatic carbocycles. The Kier molecular flexibility index (Phi) is 6.55. The Labute approximate surface area is 172 Å². The number of carbonyl (C=O) groups excluding carboxylic acids is 1. The van der Waals surface area contributed by atoms with Crippen molar-refractivity contribution in [3.63, 3.8) is 0 Å². The quantitative estimate of drug-likeness (QED) is 0.657. The first-order valence-electron chi connectivity index (χ1n) is 8.88. The molecular weight excluding hydrogens is 423 g/mol. The number of nitrogens with zero attached hydrogens (tertiary/aromatic N) is 1. The largest absolute Gasteiger partial charge is 0.396 e. The van der Waals surface area contributed by atoms with Gasteiger partial charge in [-0.15, -0.1) is 0 Å².